The van der Waals surface area contributed by atoms with Crippen LogP contribution in [0.25, 0.3) is 0 Å². The quantitative estimate of drug-likeness (QED) is 0.456. The van der Waals surface area contributed by atoms with E-state index in [1.165, 1.54) is 23.1 Å². The van der Waals surface area contributed by atoms with Gasteiger partial charge in [-0.15, -0.1) is 0 Å². The van der Waals surface area contributed by atoms with Crippen LogP contribution in [0.2, 0.25) is 0 Å². The SMILES string of the molecule is CNc1ncc2c(n1)N(C(C)C)C(=O)N(c1ccc(F)c(NC(=O)Nc3cc(C(C)(C)C)on3)c1)C2. The van der Waals surface area contributed by atoms with Gasteiger partial charge in [-0.05, 0) is 32.0 Å². The maximum atomic E-state index is 14.6. The standard InChI is InChI=1S/C24H29FN8O3/c1-13(2)33-20-14(11-27-21(26-6)30-20)12-32(23(33)35)15-7-8-16(25)17(9-15)28-22(34)29-19-10-18(36-31-19)24(3,4)5/h7-11,13H,12H2,1-6H3,(H,26,27,30)(H2,28,29,31,34). The topological polar surface area (TPSA) is 129 Å². The number of aromatic nitrogens is 3. The van der Waals surface area contributed by atoms with Crippen molar-refractivity contribution in [2.75, 3.05) is 32.8 Å². The van der Waals surface area contributed by atoms with E-state index in [1.54, 1.807) is 24.2 Å². The summed E-state index contributed by atoms with van der Waals surface area (Å²) in [6.07, 6.45) is 1.66. The van der Waals surface area contributed by atoms with Crippen molar-refractivity contribution >= 4 is 41.0 Å². The van der Waals surface area contributed by atoms with Crippen molar-refractivity contribution < 1.29 is 18.5 Å². The molecule has 0 spiro atoms. The van der Waals surface area contributed by atoms with Gasteiger partial charge in [-0.2, -0.15) is 4.98 Å². The van der Waals surface area contributed by atoms with Gasteiger partial charge in [0.1, 0.15) is 17.4 Å². The van der Waals surface area contributed by atoms with Crippen molar-refractivity contribution in [1.29, 1.82) is 0 Å². The zero-order valence-electron chi connectivity index (χ0n) is 21.0. The molecule has 0 radical (unpaired) electrons. The number of halogens is 1. The Kier molecular flexibility index (Phi) is 6.53. The summed E-state index contributed by atoms with van der Waals surface area (Å²) in [4.78, 5) is 37.7. The summed E-state index contributed by atoms with van der Waals surface area (Å²) in [6.45, 7) is 9.79. The summed E-state index contributed by atoms with van der Waals surface area (Å²) in [5.41, 5.74) is 0.759. The van der Waals surface area contributed by atoms with Gasteiger partial charge in [0.2, 0.25) is 5.95 Å². The van der Waals surface area contributed by atoms with Crippen molar-refractivity contribution in [2.45, 2.75) is 52.6 Å². The maximum absolute atomic E-state index is 14.6. The Hall–Kier alpha value is -4.22. The number of nitrogens with zero attached hydrogens (tertiary/aromatic N) is 5. The lowest BCUT2D eigenvalue weighted by Crippen LogP contribution is -2.51. The zero-order chi connectivity index (χ0) is 26.2. The van der Waals surface area contributed by atoms with Gasteiger partial charge in [0, 0.05) is 42.0 Å². The third kappa shape index (κ3) is 4.92. The molecular weight excluding hydrogens is 467 g/mol. The van der Waals surface area contributed by atoms with Crippen LogP contribution >= 0.6 is 0 Å². The third-order valence-electron chi connectivity index (χ3n) is 5.58. The molecule has 2 aromatic heterocycles. The lowest BCUT2D eigenvalue weighted by atomic mass is 9.93. The van der Waals surface area contributed by atoms with Crippen molar-refractivity contribution in [2.24, 2.45) is 0 Å². The molecule has 0 saturated carbocycles. The van der Waals surface area contributed by atoms with Gasteiger partial charge in [-0.3, -0.25) is 15.1 Å². The Morgan fingerprint density at radius 2 is 1.94 bits per heavy atom. The van der Waals surface area contributed by atoms with Crippen LogP contribution in [-0.2, 0) is 12.0 Å². The minimum atomic E-state index is -0.702. The van der Waals surface area contributed by atoms with Crippen LogP contribution in [0.3, 0.4) is 0 Å². The lowest BCUT2D eigenvalue weighted by molar-refractivity contribution is 0.248. The van der Waals surface area contributed by atoms with E-state index in [-0.39, 0.29) is 35.5 Å². The van der Waals surface area contributed by atoms with E-state index in [2.05, 4.69) is 31.1 Å². The normalized spacial score (nSPS) is 13.6. The molecule has 190 valence electrons. The predicted molar refractivity (Wildman–Crippen MR) is 135 cm³/mol. The second kappa shape index (κ2) is 9.44. The molecule has 0 unspecified atom stereocenters. The molecule has 1 aliphatic heterocycles. The van der Waals surface area contributed by atoms with Gasteiger partial charge in [-0.25, -0.2) is 19.0 Å². The monoisotopic (exact) mass is 496 g/mol. The number of fused-ring (bicyclic) bond motifs is 1. The number of amides is 4. The van der Waals surface area contributed by atoms with Crippen molar-refractivity contribution in [3.8, 4) is 0 Å². The molecule has 4 amide bonds. The zero-order valence-corrected chi connectivity index (χ0v) is 21.0. The fourth-order valence-corrected chi connectivity index (χ4v) is 3.70. The Balaban J connectivity index is 1.57. The number of hydrogen-bond donors (Lipinski definition) is 3. The number of hydrogen-bond acceptors (Lipinski definition) is 7. The first kappa shape index (κ1) is 24.9. The van der Waals surface area contributed by atoms with Gasteiger partial charge in [-0.1, -0.05) is 25.9 Å². The summed E-state index contributed by atoms with van der Waals surface area (Å²) in [5.74, 6) is 1.06. The first-order valence-electron chi connectivity index (χ1n) is 11.5. The fraction of sp³-hybridized carbons (Fsp3) is 0.375. The Bertz CT molecular complexity index is 1300. The molecular formula is C24H29FN8O3. The van der Waals surface area contributed by atoms with E-state index in [0.717, 1.165) is 5.56 Å². The Morgan fingerprint density at radius 3 is 2.58 bits per heavy atom. The molecule has 0 fully saturated rings. The van der Waals surface area contributed by atoms with Gasteiger partial charge in [0.05, 0.1) is 12.2 Å². The lowest BCUT2D eigenvalue weighted by Gasteiger charge is -2.38. The Labute approximate surface area is 208 Å². The molecule has 12 heteroatoms. The molecule has 0 aliphatic carbocycles. The summed E-state index contributed by atoms with van der Waals surface area (Å²) in [7, 11) is 1.70. The fourth-order valence-electron chi connectivity index (χ4n) is 3.70. The van der Waals surface area contributed by atoms with Crippen LogP contribution < -0.4 is 25.8 Å². The van der Waals surface area contributed by atoms with E-state index in [0.29, 0.717) is 23.2 Å². The van der Waals surface area contributed by atoms with Crippen LogP contribution in [0.15, 0.2) is 35.0 Å². The highest BCUT2D eigenvalue weighted by molar-refractivity contribution is 6.06. The van der Waals surface area contributed by atoms with E-state index in [1.807, 2.05) is 34.6 Å². The summed E-state index contributed by atoms with van der Waals surface area (Å²) in [6, 6.07) is 4.48. The molecule has 4 rings (SSSR count). The summed E-state index contributed by atoms with van der Waals surface area (Å²) in [5, 5.41) is 11.7. The number of anilines is 5. The van der Waals surface area contributed by atoms with Gasteiger partial charge < -0.3 is 15.2 Å². The molecule has 0 bridgehead atoms. The molecule has 3 aromatic rings. The second-order valence-electron chi connectivity index (χ2n) is 9.69. The highest BCUT2D eigenvalue weighted by atomic mass is 19.1. The van der Waals surface area contributed by atoms with Crippen molar-refractivity contribution in [1.82, 2.24) is 15.1 Å². The number of urea groups is 2. The van der Waals surface area contributed by atoms with Crippen molar-refractivity contribution in [3.63, 3.8) is 0 Å². The number of rotatable bonds is 5. The molecule has 11 nitrogen and oxygen atoms in total. The van der Waals surface area contributed by atoms with Crippen LogP contribution in [-0.4, -0.2) is 40.3 Å². The molecule has 3 heterocycles. The smallest absolute Gasteiger partial charge is 0.330 e. The number of nitrogens with one attached hydrogen (secondary N) is 3. The van der Waals surface area contributed by atoms with Crippen molar-refractivity contribution in [3.05, 3.63) is 47.6 Å². The summed E-state index contributed by atoms with van der Waals surface area (Å²) >= 11 is 0. The first-order valence-corrected chi connectivity index (χ1v) is 11.5. The first-order chi connectivity index (χ1) is 17.0. The molecule has 36 heavy (non-hydrogen) atoms. The second-order valence-corrected chi connectivity index (χ2v) is 9.69. The van der Waals surface area contributed by atoms with Crippen LogP contribution in [0, 0.1) is 5.82 Å². The van der Waals surface area contributed by atoms with Gasteiger partial charge in [0.25, 0.3) is 0 Å². The minimum Gasteiger partial charge on any atom is -0.359 e. The number of carbonyl (C=O) groups is 2. The van der Waals surface area contributed by atoms with Gasteiger partial charge in [0.15, 0.2) is 5.82 Å². The molecule has 0 saturated heterocycles. The highest BCUT2D eigenvalue weighted by Gasteiger charge is 2.35. The van der Waals surface area contributed by atoms with Crippen LogP contribution in [0.4, 0.5) is 42.9 Å². The summed E-state index contributed by atoms with van der Waals surface area (Å²) < 4.78 is 19.9. The van der Waals surface area contributed by atoms with E-state index < -0.39 is 11.8 Å². The molecule has 1 aromatic carbocycles. The third-order valence-corrected chi connectivity index (χ3v) is 5.58. The Morgan fingerprint density at radius 1 is 1.19 bits per heavy atom. The van der Waals surface area contributed by atoms with E-state index >= 15 is 0 Å². The van der Waals surface area contributed by atoms with E-state index in [9.17, 15) is 14.0 Å². The van der Waals surface area contributed by atoms with Crippen LogP contribution in [0.1, 0.15) is 45.9 Å². The number of carbonyl (C=O) groups excluding carboxylic acids is 2. The largest absolute Gasteiger partial charge is 0.359 e. The molecule has 3 N–H and O–H groups in total. The molecule has 0 atom stereocenters. The highest BCUT2D eigenvalue weighted by Crippen LogP contribution is 2.33. The molecule has 1 aliphatic rings. The van der Waals surface area contributed by atoms with Gasteiger partial charge >= 0.3 is 12.1 Å². The predicted octanol–water partition coefficient (Wildman–Crippen LogP) is 4.94. The number of benzene rings is 1. The maximum Gasteiger partial charge on any atom is 0.330 e. The average Bonchev–Trinajstić information content (AvgIpc) is 3.28. The minimum absolute atomic E-state index is 0.0963. The average molecular weight is 497 g/mol. The van der Waals surface area contributed by atoms with E-state index in [4.69, 9.17) is 4.52 Å². The van der Waals surface area contributed by atoms with Crippen LogP contribution in [0.5, 0.6) is 0 Å².